The zero-order valence-corrected chi connectivity index (χ0v) is 15.8. The Balaban J connectivity index is 2.27. The van der Waals surface area contributed by atoms with Crippen molar-refractivity contribution >= 4 is 17.6 Å². The second-order valence-corrected chi connectivity index (χ2v) is 5.73. The van der Waals surface area contributed by atoms with Crippen molar-refractivity contribution < 1.29 is 33.5 Å². The Kier molecular flexibility index (Phi) is 6.54. The van der Waals surface area contributed by atoms with Crippen LogP contribution in [-0.4, -0.2) is 38.2 Å². The molecule has 0 saturated heterocycles. The van der Waals surface area contributed by atoms with Gasteiger partial charge in [0.15, 0.2) is 11.5 Å². The summed E-state index contributed by atoms with van der Waals surface area (Å²) < 4.78 is 20.3. The number of esters is 2. The molecule has 0 aliphatic rings. The Labute approximate surface area is 160 Å². The monoisotopic (exact) mass is 389 g/mol. The predicted octanol–water partition coefficient (Wildman–Crippen LogP) is 3.06. The van der Waals surface area contributed by atoms with Gasteiger partial charge < -0.3 is 18.9 Å². The number of aryl methyl sites for hydroxylation is 1. The van der Waals surface area contributed by atoms with Crippen LogP contribution in [-0.2, 0) is 16.1 Å². The number of non-ortho nitro benzene ring substituents is 1. The second-order valence-electron chi connectivity index (χ2n) is 5.73. The fraction of sp³-hybridized carbons (Fsp3) is 0.263. The zero-order chi connectivity index (χ0) is 20.8. The SMILES string of the molecule is COC(=O)c1cc(C(=O)OCc2cc(OC)c(OC)cc2C)cc([N+](=O)[O-])c1. The van der Waals surface area contributed by atoms with Crippen molar-refractivity contribution in [2.75, 3.05) is 21.3 Å². The van der Waals surface area contributed by atoms with Crippen LogP contribution in [0.1, 0.15) is 31.8 Å². The molecule has 9 nitrogen and oxygen atoms in total. The molecule has 0 saturated carbocycles. The van der Waals surface area contributed by atoms with Crippen LogP contribution in [0, 0.1) is 17.0 Å². The number of carbonyl (C=O) groups is 2. The van der Waals surface area contributed by atoms with E-state index in [-0.39, 0.29) is 17.7 Å². The molecule has 0 amide bonds. The van der Waals surface area contributed by atoms with E-state index in [0.29, 0.717) is 17.1 Å². The average molecular weight is 389 g/mol. The first-order valence-electron chi connectivity index (χ1n) is 8.07. The predicted molar refractivity (Wildman–Crippen MR) is 97.8 cm³/mol. The Hall–Kier alpha value is -3.62. The lowest BCUT2D eigenvalue weighted by atomic mass is 10.1. The number of nitrogens with zero attached hydrogens (tertiary/aromatic N) is 1. The van der Waals surface area contributed by atoms with Gasteiger partial charge in [0.25, 0.3) is 5.69 Å². The molecule has 0 aromatic heterocycles. The minimum absolute atomic E-state index is 0.0960. The van der Waals surface area contributed by atoms with Gasteiger partial charge in [-0.25, -0.2) is 9.59 Å². The van der Waals surface area contributed by atoms with Crippen molar-refractivity contribution in [3.8, 4) is 11.5 Å². The van der Waals surface area contributed by atoms with Crippen LogP contribution in [0.3, 0.4) is 0 Å². The van der Waals surface area contributed by atoms with E-state index in [4.69, 9.17) is 14.2 Å². The molecule has 148 valence electrons. The first-order chi connectivity index (χ1) is 13.3. The third-order valence-corrected chi connectivity index (χ3v) is 3.99. The summed E-state index contributed by atoms with van der Waals surface area (Å²) in [4.78, 5) is 34.5. The van der Waals surface area contributed by atoms with Gasteiger partial charge in [-0.3, -0.25) is 10.1 Å². The fourth-order valence-corrected chi connectivity index (χ4v) is 2.47. The standard InChI is InChI=1S/C19H19NO8/c1-11-5-16(25-2)17(26-3)9-14(11)10-28-19(22)13-6-12(18(21)27-4)7-15(8-13)20(23)24/h5-9H,10H2,1-4H3. The highest BCUT2D eigenvalue weighted by molar-refractivity contribution is 5.96. The van der Waals surface area contributed by atoms with E-state index in [1.807, 2.05) is 6.92 Å². The molecule has 0 aliphatic heterocycles. The summed E-state index contributed by atoms with van der Waals surface area (Å²) in [5.74, 6) is -0.601. The number of benzene rings is 2. The highest BCUT2D eigenvalue weighted by atomic mass is 16.6. The lowest BCUT2D eigenvalue weighted by Crippen LogP contribution is -2.10. The second kappa shape index (κ2) is 8.85. The van der Waals surface area contributed by atoms with Crippen LogP contribution in [0.15, 0.2) is 30.3 Å². The van der Waals surface area contributed by atoms with E-state index in [2.05, 4.69) is 4.74 Å². The molecule has 28 heavy (non-hydrogen) atoms. The number of carbonyl (C=O) groups excluding carboxylic acids is 2. The maximum absolute atomic E-state index is 12.4. The van der Waals surface area contributed by atoms with Crippen LogP contribution in [0.25, 0.3) is 0 Å². The third-order valence-electron chi connectivity index (χ3n) is 3.99. The first kappa shape index (κ1) is 20.7. The highest BCUT2D eigenvalue weighted by Crippen LogP contribution is 2.30. The Morgan fingerprint density at radius 3 is 2.04 bits per heavy atom. The molecule has 0 aliphatic carbocycles. The molecular weight excluding hydrogens is 370 g/mol. The van der Waals surface area contributed by atoms with Gasteiger partial charge in [-0.15, -0.1) is 0 Å². The number of ether oxygens (including phenoxy) is 4. The smallest absolute Gasteiger partial charge is 0.338 e. The van der Waals surface area contributed by atoms with Crippen LogP contribution in [0.5, 0.6) is 11.5 Å². The van der Waals surface area contributed by atoms with Gasteiger partial charge in [-0.1, -0.05) is 0 Å². The van der Waals surface area contributed by atoms with Gasteiger partial charge in [0.2, 0.25) is 0 Å². The number of methoxy groups -OCH3 is 3. The van der Waals surface area contributed by atoms with Gasteiger partial charge in [-0.05, 0) is 36.2 Å². The van der Waals surface area contributed by atoms with Gasteiger partial charge >= 0.3 is 11.9 Å². The third kappa shape index (κ3) is 4.56. The molecule has 2 aromatic carbocycles. The lowest BCUT2D eigenvalue weighted by molar-refractivity contribution is -0.384. The van der Waals surface area contributed by atoms with Crippen molar-refractivity contribution in [1.29, 1.82) is 0 Å². The molecule has 0 spiro atoms. The van der Waals surface area contributed by atoms with Gasteiger partial charge in [0.1, 0.15) is 6.61 Å². The zero-order valence-electron chi connectivity index (χ0n) is 15.8. The molecule has 0 unspecified atom stereocenters. The maximum atomic E-state index is 12.4. The summed E-state index contributed by atoms with van der Waals surface area (Å²) >= 11 is 0. The van der Waals surface area contributed by atoms with Crippen molar-refractivity contribution in [3.05, 3.63) is 62.7 Å². The van der Waals surface area contributed by atoms with Crippen molar-refractivity contribution in [1.82, 2.24) is 0 Å². The van der Waals surface area contributed by atoms with E-state index < -0.39 is 22.5 Å². The fourth-order valence-electron chi connectivity index (χ4n) is 2.47. The average Bonchev–Trinajstić information content (AvgIpc) is 2.71. The maximum Gasteiger partial charge on any atom is 0.338 e. The summed E-state index contributed by atoms with van der Waals surface area (Å²) in [6.45, 7) is 1.72. The summed E-state index contributed by atoms with van der Waals surface area (Å²) in [6.07, 6.45) is 0. The highest BCUT2D eigenvalue weighted by Gasteiger charge is 2.20. The van der Waals surface area contributed by atoms with E-state index in [0.717, 1.165) is 24.8 Å². The van der Waals surface area contributed by atoms with E-state index in [1.54, 1.807) is 12.1 Å². The molecule has 0 bridgehead atoms. The van der Waals surface area contributed by atoms with Crippen LogP contribution >= 0.6 is 0 Å². The summed E-state index contributed by atoms with van der Waals surface area (Å²) in [5.41, 5.74) is 0.806. The molecule has 9 heteroatoms. The Morgan fingerprint density at radius 2 is 1.50 bits per heavy atom. The van der Waals surface area contributed by atoms with Gasteiger partial charge in [-0.2, -0.15) is 0 Å². The Bertz CT molecular complexity index is 922. The molecule has 2 rings (SSSR count). The molecule has 0 fully saturated rings. The summed E-state index contributed by atoms with van der Waals surface area (Å²) in [5, 5.41) is 11.1. The minimum atomic E-state index is -0.817. The molecule has 2 aromatic rings. The number of hydrogen-bond acceptors (Lipinski definition) is 8. The molecule has 0 N–H and O–H groups in total. The summed E-state index contributed by atoms with van der Waals surface area (Å²) in [6, 6.07) is 6.67. The number of rotatable bonds is 7. The summed E-state index contributed by atoms with van der Waals surface area (Å²) in [7, 11) is 4.14. The molecule has 0 radical (unpaired) electrons. The van der Waals surface area contributed by atoms with Crippen LogP contribution < -0.4 is 9.47 Å². The first-order valence-corrected chi connectivity index (χ1v) is 8.07. The number of nitro benzene ring substituents is 1. The molecule has 0 heterocycles. The van der Waals surface area contributed by atoms with Crippen molar-refractivity contribution in [2.45, 2.75) is 13.5 Å². The number of hydrogen-bond donors (Lipinski definition) is 0. The van der Waals surface area contributed by atoms with Crippen molar-refractivity contribution in [2.24, 2.45) is 0 Å². The Morgan fingerprint density at radius 1 is 0.929 bits per heavy atom. The number of nitro groups is 1. The minimum Gasteiger partial charge on any atom is -0.493 e. The molecular formula is C19H19NO8. The van der Waals surface area contributed by atoms with Gasteiger partial charge in [0.05, 0.1) is 37.4 Å². The van der Waals surface area contributed by atoms with Crippen LogP contribution in [0.4, 0.5) is 5.69 Å². The lowest BCUT2D eigenvalue weighted by Gasteiger charge is -2.13. The van der Waals surface area contributed by atoms with E-state index >= 15 is 0 Å². The van der Waals surface area contributed by atoms with E-state index in [9.17, 15) is 19.7 Å². The molecule has 0 atom stereocenters. The quantitative estimate of drug-likeness (QED) is 0.403. The normalized spacial score (nSPS) is 10.1. The van der Waals surface area contributed by atoms with E-state index in [1.165, 1.54) is 20.3 Å². The van der Waals surface area contributed by atoms with Crippen molar-refractivity contribution in [3.63, 3.8) is 0 Å². The van der Waals surface area contributed by atoms with Gasteiger partial charge in [0, 0.05) is 12.1 Å². The largest absolute Gasteiger partial charge is 0.493 e. The van der Waals surface area contributed by atoms with Crippen LogP contribution in [0.2, 0.25) is 0 Å². The topological polar surface area (TPSA) is 114 Å².